The molecular formula is C17H36O7S2. The van der Waals surface area contributed by atoms with E-state index in [9.17, 15) is 16.8 Å². The fourth-order valence-electron chi connectivity index (χ4n) is 2.81. The molecule has 0 aromatic heterocycles. The number of hydrogen-bond donors (Lipinski definition) is 2. The predicted molar refractivity (Wildman–Crippen MR) is 104 cm³/mol. The monoisotopic (exact) mass is 416 g/mol. The van der Waals surface area contributed by atoms with Crippen LogP contribution in [0.4, 0.5) is 0 Å². The summed E-state index contributed by atoms with van der Waals surface area (Å²) in [6.07, 6.45) is 12.9. The number of hydrogen-bond acceptors (Lipinski definition) is 5. The van der Waals surface area contributed by atoms with Gasteiger partial charge in [-0.05, 0) is 6.42 Å². The zero-order valence-electron chi connectivity index (χ0n) is 15.9. The molecule has 0 saturated carbocycles. The maximum absolute atomic E-state index is 10.9. The lowest BCUT2D eigenvalue weighted by molar-refractivity contribution is 0.0775. The Bertz CT molecular complexity index is 495. The molecule has 0 aromatic carbocycles. The minimum absolute atomic E-state index is 0.202. The van der Waals surface area contributed by atoms with E-state index in [1.807, 2.05) is 0 Å². The molecule has 0 heterocycles. The van der Waals surface area contributed by atoms with Crippen molar-refractivity contribution in [3.63, 3.8) is 0 Å². The van der Waals surface area contributed by atoms with Crippen LogP contribution in [0.25, 0.3) is 0 Å². The van der Waals surface area contributed by atoms with E-state index in [2.05, 4.69) is 6.92 Å². The lowest BCUT2D eigenvalue weighted by Gasteiger charge is -2.15. The molecule has 7 nitrogen and oxygen atoms in total. The molecule has 0 aliphatic heterocycles. The highest BCUT2D eigenvalue weighted by Gasteiger charge is 2.23. The smallest absolute Gasteiger partial charge is 0.267 e. The van der Waals surface area contributed by atoms with Crippen LogP contribution < -0.4 is 0 Å². The van der Waals surface area contributed by atoms with Gasteiger partial charge in [0.2, 0.25) is 0 Å². The maximum Gasteiger partial charge on any atom is 0.267 e. The van der Waals surface area contributed by atoms with Crippen LogP contribution >= 0.6 is 0 Å². The number of rotatable bonds is 18. The molecule has 0 unspecified atom stereocenters. The van der Waals surface area contributed by atoms with E-state index in [4.69, 9.17) is 13.8 Å². The summed E-state index contributed by atoms with van der Waals surface area (Å²) in [5.41, 5.74) is 0. The van der Waals surface area contributed by atoms with Gasteiger partial charge in [-0.1, -0.05) is 77.6 Å². The molecule has 0 amide bonds. The minimum Gasteiger partial charge on any atom is -0.376 e. The van der Waals surface area contributed by atoms with Gasteiger partial charge in [-0.15, -0.1) is 0 Å². The highest BCUT2D eigenvalue weighted by Crippen LogP contribution is 2.12. The molecular weight excluding hydrogens is 380 g/mol. The average Bonchev–Trinajstić information content (AvgIpc) is 2.48. The van der Waals surface area contributed by atoms with Gasteiger partial charge in [0.15, 0.2) is 0 Å². The van der Waals surface area contributed by atoms with Crippen molar-refractivity contribution in [3.8, 4) is 0 Å². The van der Waals surface area contributed by atoms with E-state index in [0.717, 1.165) is 19.3 Å². The van der Waals surface area contributed by atoms with Crippen molar-refractivity contribution in [2.75, 3.05) is 18.1 Å². The summed E-state index contributed by atoms with van der Waals surface area (Å²) >= 11 is 0. The fraction of sp³-hybridized carbons (Fsp3) is 1.00. The Morgan fingerprint density at radius 1 is 0.654 bits per heavy atom. The Kier molecular flexibility index (Phi) is 14.7. The first-order chi connectivity index (χ1) is 12.1. The molecule has 0 rings (SSSR count). The van der Waals surface area contributed by atoms with Crippen LogP contribution in [-0.2, 0) is 25.0 Å². The maximum atomic E-state index is 10.9. The topological polar surface area (TPSA) is 118 Å². The third kappa shape index (κ3) is 20.1. The quantitative estimate of drug-likeness (QED) is 0.257. The molecule has 9 heteroatoms. The van der Waals surface area contributed by atoms with Crippen LogP contribution in [0.5, 0.6) is 0 Å². The van der Waals surface area contributed by atoms with Crippen LogP contribution in [0.2, 0.25) is 0 Å². The van der Waals surface area contributed by atoms with Gasteiger partial charge in [-0.2, -0.15) is 16.8 Å². The predicted octanol–water partition coefficient (Wildman–Crippen LogP) is 3.85. The molecule has 26 heavy (non-hydrogen) atoms. The van der Waals surface area contributed by atoms with Crippen LogP contribution in [0.15, 0.2) is 0 Å². The third-order valence-corrected chi connectivity index (χ3v) is 5.73. The molecule has 0 atom stereocenters. The van der Waals surface area contributed by atoms with Gasteiger partial charge in [0.25, 0.3) is 20.2 Å². The first kappa shape index (κ1) is 25.8. The van der Waals surface area contributed by atoms with Gasteiger partial charge in [-0.3, -0.25) is 9.11 Å². The van der Waals surface area contributed by atoms with Crippen LogP contribution in [0.1, 0.15) is 84.0 Å². The second-order valence-corrected chi connectivity index (χ2v) is 9.87. The first-order valence-electron chi connectivity index (χ1n) is 9.66. The summed E-state index contributed by atoms with van der Waals surface area (Å²) in [6.45, 7) is 2.42. The van der Waals surface area contributed by atoms with E-state index in [-0.39, 0.29) is 6.61 Å². The van der Waals surface area contributed by atoms with Gasteiger partial charge >= 0.3 is 0 Å². The fourth-order valence-corrected chi connectivity index (χ4v) is 4.32. The summed E-state index contributed by atoms with van der Waals surface area (Å²) in [6, 6.07) is 0. The molecule has 0 aliphatic carbocycles. The molecule has 0 aromatic rings. The Morgan fingerprint density at radius 2 is 1.00 bits per heavy atom. The Balaban J connectivity index is 3.66. The van der Waals surface area contributed by atoms with Gasteiger partial charge in [-0.25, -0.2) is 0 Å². The van der Waals surface area contributed by atoms with Gasteiger partial charge in [0, 0.05) is 6.61 Å². The Morgan fingerprint density at radius 3 is 1.35 bits per heavy atom. The summed E-state index contributed by atoms with van der Waals surface area (Å²) in [5, 5.41) is 0. The van der Waals surface area contributed by atoms with Crippen LogP contribution in [0.3, 0.4) is 0 Å². The Labute approximate surface area is 159 Å². The SMILES string of the molecule is CCCCCCCCCCCCCCOC(CS(=O)(=O)O)CS(=O)(=O)O. The molecule has 0 aliphatic rings. The lowest BCUT2D eigenvalue weighted by atomic mass is 10.1. The second kappa shape index (κ2) is 14.8. The minimum atomic E-state index is -4.36. The summed E-state index contributed by atoms with van der Waals surface area (Å²) in [7, 11) is -8.73. The van der Waals surface area contributed by atoms with Crippen molar-refractivity contribution < 1.29 is 30.7 Å². The average molecular weight is 417 g/mol. The van der Waals surface area contributed by atoms with Gasteiger partial charge in [0.05, 0.1) is 6.10 Å². The van der Waals surface area contributed by atoms with E-state index in [1.165, 1.54) is 51.4 Å². The van der Waals surface area contributed by atoms with Crippen molar-refractivity contribution in [1.82, 2.24) is 0 Å². The standard InChI is InChI=1S/C17H36O7S2/c1-2-3-4-5-6-7-8-9-10-11-12-13-14-24-17(15-25(18,19)20)16-26(21,22)23/h17H,2-16H2,1H3,(H,18,19,20)(H,21,22,23). The molecule has 2 N–H and O–H groups in total. The van der Waals surface area contributed by atoms with E-state index in [0.29, 0.717) is 6.42 Å². The molecule has 0 bridgehead atoms. The second-order valence-electron chi connectivity index (χ2n) is 6.88. The van der Waals surface area contributed by atoms with Crippen LogP contribution in [-0.4, -0.2) is 50.2 Å². The zero-order valence-corrected chi connectivity index (χ0v) is 17.6. The van der Waals surface area contributed by atoms with Crippen molar-refractivity contribution in [2.45, 2.75) is 90.1 Å². The van der Waals surface area contributed by atoms with Crippen LogP contribution in [0, 0.1) is 0 Å². The van der Waals surface area contributed by atoms with Gasteiger partial charge < -0.3 is 4.74 Å². The molecule has 0 spiro atoms. The zero-order chi connectivity index (χ0) is 19.9. The molecule has 158 valence electrons. The highest BCUT2D eigenvalue weighted by atomic mass is 32.2. The van der Waals surface area contributed by atoms with E-state index in [1.54, 1.807) is 0 Å². The molecule has 0 fully saturated rings. The van der Waals surface area contributed by atoms with Gasteiger partial charge in [0.1, 0.15) is 11.5 Å². The normalized spacial score (nSPS) is 12.8. The number of unbranched alkanes of at least 4 members (excludes halogenated alkanes) is 11. The summed E-state index contributed by atoms with van der Waals surface area (Å²) < 4.78 is 66.3. The lowest BCUT2D eigenvalue weighted by Crippen LogP contribution is -2.31. The Hall–Kier alpha value is -0.220. The van der Waals surface area contributed by atoms with Crippen molar-refractivity contribution in [1.29, 1.82) is 0 Å². The van der Waals surface area contributed by atoms with E-state index < -0.39 is 37.8 Å². The largest absolute Gasteiger partial charge is 0.376 e. The van der Waals surface area contributed by atoms with Crippen molar-refractivity contribution >= 4 is 20.2 Å². The molecule has 0 radical (unpaired) electrons. The van der Waals surface area contributed by atoms with E-state index >= 15 is 0 Å². The summed E-state index contributed by atoms with van der Waals surface area (Å²) in [4.78, 5) is 0. The number of ether oxygens (including phenoxy) is 1. The van der Waals surface area contributed by atoms with Crippen molar-refractivity contribution in [2.24, 2.45) is 0 Å². The highest BCUT2D eigenvalue weighted by molar-refractivity contribution is 7.86. The summed E-state index contributed by atoms with van der Waals surface area (Å²) in [5.74, 6) is -1.68. The third-order valence-electron chi connectivity index (χ3n) is 4.14. The molecule has 0 saturated heterocycles. The van der Waals surface area contributed by atoms with Crippen molar-refractivity contribution in [3.05, 3.63) is 0 Å². The first-order valence-corrected chi connectivity index (χ1v) is 12.9.